The zero-order valence-corrected chi connectivity index (χ0v) is 6.50. The van der Waals surface area contributed by atoms with Crippen molar-refractivity contribution in [3.05, 3.63) is 36.5 Å². The molecule has 11 heavy (non-hydrogen) atoms. The summed E-state index contributed by atoms with van der Waals surface area (Å²) in [4.78, 5) is 14.6. The van der Waals surface area contributed by atoms with E-state index in [1.54, 1.807) is 13.1 Å². The lowest BCUT2D eigenvalue weighted by Crippen LogP contribution is -1.96. The Balaban J connectivity index is 2.79. The quantitative estimate of drug-likeness (QED) is 0.634. The number of ketones is 1. The van der Waals surface area contributed by atoms with E-state index in [0.717, 1.165) is 5.56 Å². The highest BCUT2D eigenvalue weighted by Crippen LogP contribution is 2.01. The molecule has 2 heteroatoms. The molecule has 0 bridgehead atoms. The van der Waals surface area contributed by atoms with Crippen LogP contribution < -0.4 is 0 Å². The first-order valence-electron chi connectivity index (χ1n) is 3.45. The minimum atomic E-state index is 0.163. The van der Waals surface area contributed by atoms with Gasteiger partial charge in [-0.1, -0.05) is 0 Å². The maximum Gasteiger partial charge on any atom is 0.134 e. The van der Waals surface area contributed by atoms with Crippen molar-refractivity contribution in [2.45, 2.75) is 13.3 Å². The van der Waals surface area contributed by atoms with Crippen LogP contribution >= 0.6 is 0 Å². The van der Waals surface area contributed by atoms with Gasteiger partial charge < -0.3 is 0 Å². The summed E-state index contributed by atoms with van der Waals surface area (Å²) < 4.78 is 0. The Morgan fingerprint density at radius 1 is 1.73 bits per heavy atom. The number of carbonyl (C=O) groups is 1. The molecule has 0 saturated carbocycles. The number of rotatable bonds is 2. The first kappa shape index (κ1) is 7.92. The summed E-state index contributed by atoms with van der Waals surface area (Å²) in [6.45, 7) is 5.24. The second kappa shape index (κ2) is 3.28. The standard InChI is InChI=1S/C9H10NO/c1-7-5-9(3-4-10-7)6-8(2)11/h3-5H,1,6H2,2H3. The number of Topliss-reactive ketones (excluding diaryl/α,β-unsaturated/α-hetero) is 1. The maximum atomic E-state index is 10.7. The molecule has 0 aliphatic heterocycles. The molecule has 1 aromatic heterocycles. The van der Waals surface area contributed by atoms with E-state index in [2.05, 4.69) is 11.9 Å². The van der Waals surface area contributed by atoms with Gasteiger partial charge in [-0.15, -0.1) is 0 Å². The van der Waals surface area contributed by atoms with Gasteiger partial charge in [0.25, 0.3) is 0 Å². The third-order valence-corrected chi connectivity index (χ3v) is 1.33. The normalized spacial score (nSPS) is 9.64. The first-order valence-corrected chi connectivity index (χ1v) is 3.45. The van der Waals surface area contributed by atoms with Crippen molar-refractivity contribution in [2.75, 3.05) is 0 Å². The topological polar surface area (TPSA) is 30.0 Å². The van der Waals surface area contributed by atoms with Gasteiger partial charge >= 0.3 is 0 Å². The van der Waals surface area contributed by atoms with Gasteiger partial charge in [0.05, 0.1) is 0 Å². The predicted octanol–water partition coefficient (Wildman–Crippen LogP) is 1.40. The summed E-state index contributed by atoms with van der Waals surface area (Å²) in [5.74, 6) is 0.163. The second-order valence-corrected chi connectivity index (χ2v) is 2.53. The molecule has 1 aromatic rings. The molecule has 1 radical (unpaired) electrons. The Hall–Kier alpha value is -1.18. The molecule has 0 spiro atoms. The predicted molar refractivity (Wildman–Crippen MR) is 43.1 cm³/mol. The number of carbonyl (C=O) groups excluding carboxylic acids is 1. The van der Waals surface area contributed by atoms with Crippen molar-refractivity contribution in [3.63, 3.8) is 0 Å². The van der Waals surface area contributed by atoms with E-state index in [9.17, 15) is 4.79 Å². The molecule has 0 unspecified atom stereocenters. The van der Waals surface area contributed by atoms with Crippen molar-refractivity contribution in [3.8, 4) is 0 Å². The van der Waals surface area contributed by atoms with Gasteiger partial charge in [-0.05, 0) is 31.5 Å². The highest BCUT2D eigenvalue weighted by molar-refractivity contribution is 5.78. The summed E-state index contributed by atoms with van der Waals surface area (Å²) in [6, 6.07) is 3.65. The SMILES string of the molecule is [CH2]c1cc(CC(C)=O)ccn1. The van der Waals surface area contributed by atoms with Gasteiger partial charge in [0.15, 0.2) is 0 Å². The molecular formula is C9H10NO. The van der Waals surface area contributed by atoms with Crippen LogP contribution in [0.3, 0.4) is 0 Å². The fourth-order valence-electron chi connectivity index (χ4n) is 0.926. The Morgan fingerprint density at radius 3 is 3.00 bits per heavy atom. The van der Waals surface area contributed by atoms with Crippen LogP contribution in [-0.4, -0.2) is 10.8 Å². The van der Waals surface area contributed by atoms with Crippen molar-refractivity contribution < 1.29 is 4.79 Å². The smallest absolute Gasteiger partial charge is 0.134 e. The molecule has 1 heterocycles. The van der Waals surface area contributed by atoms with Crippen LogP contribution in [0.5, 0.6) is 0 Å². The fourth-order valence-corrected chi connectivity index (χ4v) is 0.926. The van der Waals surface area contributed by atoms with Crippen LogP contribution in [0, 0.1) is 6.92 Å². The van der Waals surface area contributed by atoms with Crippen LogP contribution in [0.4, 0.5) is 0 Å². The van der Waals surface area contributed by atoms with Crippen LogP contribution in [0.2, 0.25) is 0 Å². The van der Waals surface area contributed by atoms with E-state index in [1.165, 1.54) is 0 Å². The third kappa shape index (κ3) is 2.50. The van der Waals surface area contributed by atoms with E-state index < -0.39 is 0 Å². The molecule has 0 aliphatic carbocycles. The Kier molecular flexibility index (Phi) is 2.36. The molecule has 2 nitrogen and oxygen atoms in total. The van der Waals surface area contributed by atoms with E-state index >= 15 is 0 Å². The number of hydrogen-bond acceptors (Lipinski definition) is 2. The maximum absolute atomic E-state index is 10.7. The molecule has 0 amide bonds. The van der Waals surface area contributed by atoms with Gasteiger partial charge in [-0.2, -0.15) is 0 Å². The Bertz CT molecular complexity index is 268. The van der Waals surface area contributed by atoms with E-state index in [1.807, 2.05) is 12.1 Å². The molecule has 0 N–H and O–H groups in total. The molecule has 0 saturated heterocycles. The van der Waals surface area contributed by atoms with Gasteiger partial charge in [0.2, 0.25) is 0 Å². The van der Waals surface area contributed by atoms with Crippen molar-refractivity contribution in [1.29, 1.82) is 0 Å². The number of pyridine rings is 1. The van der Waals surface area contributed by atoms with Gasteiger partial charge in [0, 0.05) is 18.3 Å². The first-order chi connectivity index (χ1) is 5.18. The van der Waals surface area contributed by atoms with Gasteiger partial charge in [-0.25, -0.2) is 0 Å². The molecule has 0 aromatic carbocycles. The molecule has 0 atom stereocenters. The Morgan fingerprint density at radius 2 is 2.45 bits per heavy atom. The molecule has 0 fully saturated rings. The summed E-state index contributed by atoms with van der Waals surface area (Å²) in [5, 5.41) is 0. The summed E-state index contributed by atoms with van der Waals surface area (Å²) in [6.07, 6.45) is 2.14. The second-order valence-electron chi connectivity index (χ2n) is 2.53. The summed E-state index contributed by atoms with van der Waals surface area (Å²) >= 11 is 0. The van der Waals surface area contributed by atoms with Crippen LogP contribution in [-0.2, 0) is 11.2 Å². The minimum Gasteiger partial charge on any atom is -0.300 e. The number of hydrogen-bond donors (Lipinski definition) is 0. The number of aromatic nitrogens is 1. The molecular weight excluding hydrogens is 138 g/mol. The average molecular weight is 148 g/mol. The lowest BCUT2D eigenvalue weighted by atomic mass is 10.1. The largest absolute Gasteiger partial charge is 0.300 e. The van der Waals surface area contributed by atoms with E-state index in [-0.39, 0.29) is 5.78 Å². The number of nitrogens with zero attached hydrogens (tertiary/aromatic N) is 1. The van der Waals surface area contributed by atoms with E-state index in [4.69, 9.17) is 0 Å². The average Bonchev–Trinajstić information content (AvgIpc) is 1.85. The van der Waals surface area contributed by atoms with Crippen LogP contribution in [0.25, 0.3) is 0 Å². The lowest BCUT2D eigenvalue weighted by molar-refractivity contribution is -0.116. The third-order valence-electron chi connectivity index (χ3n) is 1.33. The summed E-state index contributed by atoms with van der Waals surface area (Å²) in [7, 11) is 0. The van der Waals surface area contributed by atoms with Crippen molar-refractivity contribution in [2.24, 2.45) is 0 Å². The van der Waals surface area contributed by atoms with Crippen LogP contribution in [0.1, 0.15) is 18.2 Å². The molecule has 57 valence electrons. The zero-order valence-electron chi connectivity index (χ0n) is 6.50. The molecule has 0 aliphatic rings. The highest BCUT2D eigenvalue weighted by Gasteiger charge is 1.96. The van der Waals surface area contributed by atoms with E-state index in [0.29, 0.717) is 12.1 Å². The Labute approximate surface area is 66.3 Å². The van der Waals surface area contributed by atoms with Crippen molar-refractivity contribution >= 4 is 5.78 Å². The fraction of sp³-hybridized carbons (Fsp3) is 0.222. The zero-order chi connectivity index (χ0) is 8.27. The highest BCUT2D eigenvalue weighted by atomic mass is 16.1. The van der Waals surface area contributed by atoms with Crippen molar-refractivity contribution in [1.82, 2.24) is 4.98 Å². The van der Waals surface area contributed by atoms with Gasteiger partial charge in [-0.3, -0.25) is 9.78 Å². The minimum absolute atomic E-state index is 0.163. The lowest BCUT2D eigenvalue weighted by Gasteiger charge is -1.96. The van der Waals surface area contributed by atoms with Gasteiger partial charge in [0.1, 0.15) is 5.78 Å². The summed E-state index contributed by atoms with van der Waals surface area (Å²) in [5.41, 5.74) is 1.70. The van der Waals surface area contributed by atoms with Crippen LogP contribution in [0.15, 0.2) is 18.3 Å². The monoisotopic (exact) mass is 148 g/mol. The molecule has 1 rings (SSSR count).